The molecule has 4 heteroatoms. The van der Waals surface area contributed by atoms with E-state index in [4.69, 9.17) is 14.2 Å². The molecular formula is C8H12O4. The van der Waals surface area contributed by atoms with Crippen molar-refractivity contribution in [3.05, 3.63) is 12.5 Å². The second kappa shape index (κ2) is 3.47. The molecule has 4 nitrogen and oxygen atoms in total. The molecule has 0 aliphatic carbocycles. The van der Waals surface area contributed by atoms with E-state index in [0.29, 0.717) is 6.61 Å². The van der Waals surface area contributed by atoms with E-state index in [2.05, 4.69) is 0 Å². The summed E-state index contributed by atoms with van der Waals surface area (Å²) in [5.41, 5.74) is 0. The molecule has 1 aliphatic heterocycles. The van der Waals surface area contributed by atoms with E-state index in [1.54, 1.807) is 13.8 Å². The molecule has 1 heterocycles. The summed E-state index contributed by atoms with van der Waals surface area (Å²) in [7, 11) is 0. The summed E-state index contributed by atoms with van der Waals surface area (Å²) in [5.74, 6) is -1.18. The third-order valence-electron chi connectivity index (χ3n) is 1.46. The summed E-state index contributed by atoms with van der Waals surface area (Å²) in [4.78, 5) is 11.0. The van der Waals surface area contributed by atoms with Crippen molar-refractivity contribution >= 4 is 5.97 Å². The second-order valence-corrected chi connectivity index (χ2v) is 2.62. The minimum absolute atomic E-state index is 0.105. The number of carbonyl (C=O) groups excluding carboxylic acids is 1. The van der Waals surface area contributed by atoms with E-state index >= 15 is 0 Å². The van der Waals surface area contributed by atoms with Gasteiger partial charge in [-0.3, -0.25) is 4.79 Å². The van der Waals surface area contributed by atoms with Gasteiger partial charge >= 0.3 is 5.97 Å². The lowest BCUT2D eigenvalue weighted by Crippen LogP contribution is -2.29. The monoisotopic (exact) mass is 172 g/mol. The maximum absolute atomic E-state index is 11.0. The van der Waals surface area contributed by atoms with Crippen LogP contribution in [0.15, 0.2) is 12.5 Å². The highest BCUT2D eigenvalue weighted by Crippen LogP contribution is 2.23. The van der Waals surface area contributed by atoms with Crippen LogP contribution in [0.3, 0.4) is 0 Å². The fourth-order valence-electron chi connectivity index (χ4n) is 0.929. The summed E-state index contributed by atoms with van der Waals surface area (Å²) in [6.45, 7) is 3.82. The lowest BCUT2D eigenvalue weighted by Gasteiger charge is -2.21. The van der Waals surface area contributed by atoms with E-state index in [9.17, 15) is 4.79 Å². The molecule has 0 radical (unpaired) electrons. The van der Waals surface area contributed by atoms with Crippen LogP contribution < -0.4 is 0 Å². The van der Waals surface area contributed by atoms with Crippen molar-refractivity contribution in [3.8, 4) is 0 Å². The number of esters is 1. The van der Waals surface area contributed by atoms with Gasteiger partial charge in [-0.25, -0.2) is 0 Å². The van der Waals surface area contributed by atoms with Gasteiger partial charge in [0.2, 0.25) is 0 Å². The van der Waals surface area contributed by atoms with Crippen LogP contribution in [0.2, 0.25) is 0 Å². The maximum atomic E-state index is 11.0. The molecule has 0 bridgehead atoms. The number of rotatable bonds is 3. The molecule has 1 aliphatic rings. The molecule has 12 heavy (non-hydrogen) atoms. The molecule has 0 aromatic rings. The van der Waals surface area contributed by atoms with Crippen molar-refractivity contribution in [1.29, 1.82) is 0 Å². The van der Waals surface area contributed by atoms with Crippen molar-refractivity contribution in [2.45, 2.75) is 26.1 Å². The summed E-state index contributed by atoms with van der Waals surface area (Å²) in [5, 5.41) is 0. The third kappa shape index (κ3) is 2.15. The van der Waals surface area contributed by atoms with Crippen LogP contribution in [0.5, 0.6) is 0 Å². The molecule has 0 saturated heterocycles. The molecule has 0 spiro atoms. The molecule has 0 unspecified atom stereocenters. The Morgan fingerprint density at radius 2 is 2.08 bits per heavy atom. The van der Waals surface area contributed by atoms with Crippen molar-refractivity contribution < 1.29 is 19.0 Å². The zero-order chi connectivity index (χ0) is 9.03. The van der Waals surface area contributed by atoms with Crippen LogP contribution >= 0.6 is 0 Å². The topological polar surface area (TPSA) is 44.8 Å². The molecule has 0 fully saturated rings. The van der Waals surface area contributed by atoms with Gasteiger partial charge in [0, 0.05) is 6.92 Å². The van der Waals surface area contributed by atoms with Crippen molar-refractivity contribution in [2.24, 2.45) is 0 Å². The number of hydrogen-bond acceptors (Lipinski definition) is 4. The SMILES string of the molecule is CCOC(=O)CC1(C)OC=CO1. The number of carbonyl (C=O) groups is 1. The fourth-order valence-corrected chi connectivity index (χ4v) is 0.929. The molecule has 0 saturated carbocycles. The van der Waals surface area contributed by atoms with Crippen LogP contribution in [0, 0.1) is 0 Å². The van der Waals surface area contributed by atoms with E-state index in [1.807, 2.05) is 0 Å². The number of ether oxygens (including phenoxy) is 3. The van der Waals surface area contributed by atoms with Crippen molar-refractivity contribution in [2.75, 3.05) is 6.61 Å². The van der Waals surface area contributed by atoms with Crippen LogP contribution in [0.1, 0.15) is 20.3 Å². The molecule has 0 amide bonds. The molecule has 0 N–H and O–H groups in total. The standard InChI is InChI=1S/C8H12O4/c1-3-10-7(9)6-8(2)11-4-5-12-8/h4-5H,3,6H2,1-2H3. The highest BCUT2D eigenvalue weighted by Gasteiger charge is 2.33. The van der Waals surface area contributed by atoms with Gasteiger partial charge in [-0.05, 0) is 6.92 Å². The minimum Gasteiger partial charge on any atom is -0.466 e. The van der Waals surface area contributed by atoms with E-state index in [1.165, 1.54) is 12.5 Å². The Bertz CT molecular complexity index is 189. The van der Waals surface area contributed by atoms with Gasteiger partial charge in [0.1, 0.15) is 18.9 Å². The van der Waals surface area contributed by atoms with Gasteiger partial charge in [-0.15, -0.1) is 0 Å². The first-order chi connectivity index (χ1) is 5.66. The zero-order valence-electron chi connectivity index (χ0n) is 7.20. The lowest BCUT2D eigenvalue weighted by atomic mass is 10.2. The van der Waals surface area contributed by atoms with E-state index in [-0.39, 0.29) is 12.4 Å². The smallest absolute Gasteiger partial charge is 0.313 e. The van der Waals surface area contributed by atoms with Gasteiger partial charge in [0.05, 0.1) is 6.61 Å². The molecule has 1 rings (SSSR count). The Labute approximate surface area is 71.1 Å². The van der Waals surface area contributed by atoms with Gasteiger partial charge < -0.3 is 14.2 Å². The van der Waals surface area contributed by atoms with Crippen molar-refractivity contribution in [3.63, 3.8) is 0 Å². The predicted octanol–water partition coefficient (Wildman–Crippen LogP) is 1.17. The highest BCUT2D eigenvalue weighted by atomic mass is 16.7. The first-order valence-electron chi connectivity index (χ1n) is 3.82. The summed E-state index contributed by atoms with van der Waals surface area (Å²) in [6, 6.07) is 0. The first kappa shape index (κ1) is 8.90. The lowest BCUT2D eigenvalue weighted by molar-refractivity contribution is -0.168. The van der Waals surface area contributed by atoms with Gasteiger partial charge in [-0.1, -0.05) is 0 Å². The van der Waals surface area contributed by atoms with E-state index < -0.39 is 5.79 Å². The van der Waals surface area contributed by atoms with Crippen molar-refractivity contribution in [1.82, 2.24) is 0 Å². The third-order valence-corrected chi connectivity index (χ3v) is 1.46. The first-order valence-corrected chi connectivity index (χ1v) is 3.82. The molecule has 0 aromatic heterocycles. The van der Waals surface area contributed by atoms with Gasteiger partial charge in [0.25, 0.3) is 5.79 Å². The summed E-state index contributed by atoms with van der Waals surface area (Å²) >= 11 is 0. The molecule has 68 valence electrons. The molecule has 0 atom stereocenters. The average molecular weight is 172 g/mol. The van der Waals surface area contributed by atoms with Crippen LogP contribution in [0.25, 0.3) is 0 Å². The zero-order valence-corrected chi connectivity index (χ0v) is 7.20. The Hall–Kier alpha value is -1.19. The maximum Gasteiger partial charge on any atom is 0.313 e. The molecular weight excluding hydrogens is 160 g/mol. The van der Waals surface area contributed by atoms with Crippen LogP contribution in [-0.2, 0) is 19.0 Å². The Morgan fingerprint density at radius 3 is 2.58 bits per heavy atom. The Kier molecular flexibility index (Phi) is 2.58. The summed E-state index contributed by atoms with van der Waals surface area (Å²) < 4.78 is 14.8. The Morgan fingerprint density at radius 1 is 1.50 bits per heavy atom. The predicted molar refractivity (Wildman–Crippen MR) is 41.0 cm³/mol. The normalized spacial score (nSPS) is 18.2. The van der Waals surface area contributed by atoms with Crippen LogP contribution in [0.4, 0.5) is 0 Å². The van der Waals surface area contributed by atoms with Gasteiger partial charge in [-0.2, -0.15) is 0 Å². The number of hydrogen-bond donors (Lipinski definition) is 0. The van der Waals surface area contributed by atoms with Crippen LogP contribution in [-0.4, -0.2) is 18.4 Å². The molecule has 0 aromatic carbocycles. The second-order valence-electron chi connectivity index (χ2n) is 2.62. The summed E-state index contributed by atoms with van der Waals surface area (Å²) in [6.07, 6.45) is 2.94. The Balaban J connectivity index is 2.34. The largest absolute Gasteiger partial charge is 0.466 e. The fraction of sp³-hybridized carbons (Fsp3) is 0.625. The highest BCUT2D eigenvalue weighted by molar-refractivity contribution is 5.70. The quantitative estimate of drug-likeness (QED) is 0.599. The average Bonchev–Trinajstić information content (AvgIpc) is 2.36. The van der Waals surface area contributed by atoms with E-state index in [0.717, 1.165) is 0 Å². The van der Waals surface area contributed by atoms with Gasteiger partial charge in [0.15, 0.2) is 0 Å². The minimum atomic E-state index is -0.869.